The van der Waals surface area contributed by atoms with Crippen LogP contribution in [-0.2, 0) is 0 Å². The second-order valence-corrected chi connectivity index (χ2v) is 8.07. The van der Waals surface area contributed by atoms with E-state index in [9.17, 15) is 9.65 Å². The van der Waals surface area contributed by atoms with Crippen LogP contribution in [0, 0.1) is 34.0 Å². The largest absolute Gasteiger partial charge is 0.370 e. The van der Waals surface area contributed by atoms with Gasteiger partial charge in [0.05, 0.1) is 17.6 Å². The number of hydrogen-bond acceptors (Lipinski definition) is 5. The van der Waals surface area contributed by atoms with Crippen molar-refractivity contribution < 1.29 is 4.39 Å². The van der Waals surface area contributed by atoms with Gasteiger partial charge in [-0.05, 0) is 49.3 Å². The van der Waals surface area contributed by atoms with Gasteiger partial charge in [-0.1, -0.05) is 12.1 Å². The molecule has 1 aliphatic heterocycles. The third-order valence-electron chi connectivity index (χ3n) is 6.15. The number of halogens is 1. The summed E-state index contributed by atoms with van der Waals surface area (Å²) in [6.45, 7) is 1.45. The van der Waals surface area contributed by atoms with Crippen LogP contribution >= 0.6 is 0 Å². The van der Waals surface area contributed by atoms with Crippen molar-refractivity contribution in [2.45, 2.75) is 31.6 Å². The lowest BCUT2D eigenvalue weighted by Gasteiger charge is -2.37. The van der Waals surface area contributed by atoms with E-state index in [0.717, 1.165) is 61.2 Å². The monoisotopic (exact) mass is 404 g/mol. The number of rotatable bonds is 5. The molecule has 0 unspecified atom stereocenters. The SMILES string of the molecule is CN(C=N)C(=N)C1CCN(c2c(-c3ccc(F)nc3)ccc(C3CC3)c2C#N)CC1. The van der Waals surface area contributed by atoms with Crippen molar-refractivity contribution in [1.29, 1.82) is 16.1 Å². The van der Waals surface area contributed by atoms with Crippen molar-refractivity contribution >= 4 is 17.9 Å². The van der Waals surface area contributed by atoms with Gasteiger partial charge in [-0.2, -0.15) is 9.65 Å². The third-order valence-corrected chi connectivity index (χ3v) is 6.15. The fourth-order valence-corrected chi connectivity index (χ4v) is 4.29. The van der Waals surface area contributed by atoms with E-state index in [2.05, 4.69) is 16.0 Å². The van der Waals surface area contributed by atoms with Gasteiger partial charge in [0.25, 0.3) is 0 Å². The zero-order chi connectivity index (χ0) is 21.3. The zero-order valence-corrected chi connectivity index (χ0v) is 17.0. The molecule has 1 aromatic heterocycles. The number of piperidine rings is 1. The number of nitriles is 1. The Kier molecular flexibility index (Phi) is 5.49. The summed E-state index contributed by atoms with van der Waals surface area (Å²) in [6.07, 6.45) is 6.49. The molecule has 0 spiro atoms. The van der Waals surface area contributed by atoms with E-state index in [1.807, 2.05) is 12.1 Å². The molecule has 2 N–H and O–H groups in total. The first kappa shape index (κ1) is 20.0. The van der Waals surface area contributed by atoms with Gasteiger partial charge in [-0.15, -0.1) is 0 Å². The molecule has 6 nitrogen and oxygen atoms in total. The smallest absolute Gasteiger partial charge is 0.212 e. The maximum absolute atomic E-state index is 13.4. The number of pyridine rings is 1. The summed E-state index contributed by atoms with van der Waals surface area (Å²) in [7, 11) is 1.73. The van der Waals surface area contributed by atoms with Gasteiger partial charge in [0, 0.05) is 43.4 Å². The Balaban J connectivity index is 1.70. The highest BCUT2D eigenvalue weighted by atomic mass is 19.1. The molecular weight excluding hydrogens is 379 g/mol. The Hall–Kier alpha value is -3.27. The van der Waals surface area contributed by atoms with Crippen molar-refractivity contribution in [3.8, 4) is 17.2 Å². The van der Waals surface area contributed by atoms with Crippen LogP contribution in [0.3, 0.4) is 0 Å². The molecule has 2 aliphatic rings. The van der Waals surface area contributed by atoms with Gasteiger partial charge in [0.15, 0.2) is 0 Å². The molecule has 30 heavy (non-hydrogen) atoms. The highest BCUT2D eigenvalue weighted by Crippen LogP contribution is 2.46. The minimum atomic E-state index is -0.523. The summed E-state index contributed by atoms with van der Waals surface area (Å²) >= 11 is 0. The molecule has 2 fully saturated rings. The molecule has 7 heteroatoms. The Bertz CT molecular complexity index is 998. The first-order valence-electron chi connectivity index (χ1n) is 10.3. The summed E-state index contributed by atoms with van der Waals surface area (Å²) in [5, 5.41) is 25.7. The molecule has 2 aromatic rings. The highest BCUT2D eigenvalue weighted by molar-refractivity contribution is 5.91. The number of benzene rings is 1. The topological polar surface area (TPSA) is 90.9 Å². The normalized spacial score (nSPS) is 16.8. The number of hydrogen-bond donors (Lipinski definition) is 2. The summed E-state index contributed by atoms with van der Waals surface area (Å²) in [6, 6.07) is 9.59. The van der Waals surface area contributed by atoms with Crippen molar-refractivity contribution in [3.63, 3.8) is 0 Å². The number of nitrogens with zero attached hydrogens (tertiary/aromatic N) is 4. The highest BCUT2D eigenvalue weighted by Gasteiger charge is 2.32. The lowest BCUT2D eigenvalue weighted by Crippen LogP contribution is -2.41. The molecule has 1 saturated carbocycles. The van der Waals surface area contributed by atoms with Crippen LogP contribution in [-0.4, -0.2) is 42.2 Å². The molecular formula is C23H25FN6. The van der Waals surface area contributed by atoms with Crippen LogP contribution in [0.15, 0.2) is 30.5 Å². The van der Waals surface area contributed by atoms with Crippen LogP contribution in [0.4, 0.5) is 10.1 Å². The Morgan fingerprint density at radius 1 is 1.23 bits per heavy atom. The second kappa shape index (κ2) is 8.23. The molecule has 0 bridgehead atoms. The van der Waals surface area contributed by atoms with Gasteiger partial charge >= 0.3 is 0 Å². The van der Waals surface area contributed by atoms with E-state index < -0.39 is 5.95 Å². The fourth-order valence-electron chi connectivity index (χ4n) is 4.29. The Morgan fingerprint density at radius 3 is 2.53 bits per heavy atom. The molecule has 0 amide bonds. The molecule has 1 saturated heterocycles. The van der Waals surface area contributed by atoms with Gasteiger partial charge in [-0.3, -0.25) is 10.8 Å². The van der Waals surface area contributed by atoms with E-state index in [0.29, 0.717) is 17.3 Å². The van der Waals surface area contributed by atoms with E-state index in [1.165, 1.54) is 18.6 Å². The maximum Gasteiger partial charge on any atom is 0.212 e. The van der Waals surface area contributed by atoms with Crippen LogP contribution in [0.2, 0.25) is 0 Å². The number of nitrogens with one attached hydrogen (secondary N) is 2. The first-order chi connectivity index (χ1) is 14.5. The maximum atomic E-state index is 13.4. The summed E-state index contributed by atoms with van der Waals surface area (Å²) < 4.78 is 13.4. The van der Waals surface area contributed by atoms with Crippen LogP contribution in [0.25, 0.3) is 11.1 Å². The van der Waals surface area contributed by atoms with Gasteiger partial charge in [0.2, 0.25) is 5.95 Å². The van der Waals surface area contributed by atoms with E-state index in [4.69, 9.17) is 10.8 Å². The van der Waals surface area contributed by atoms with Crippen molar-refractivity contribution in [2.75, 3.05) is 25.0 Å². The molecule has 4 rings (SSSR count). The molecule has 2 heterocycles. The quantitative estimate of drug-likeness (QED) is 0.440. The lowest BCUT2D eigenvalue weighted by atomic mass is 9.90. The Labute approximate surface area is 176 Å². The number of aromatic nitrogens is 1. The standard InChI is InChI=1S/C23H25FN6/c1-29(14-26)23(27)16-8-10-30(11-9-16)22-19(17-4-7-21(24)28-13-17)6-5-18(15-2-3-15)20(22)12-25/h4-7,13-16,26-27H,2-3,8-11H2,1H3. The fraction of sp³-hybridized carbons (Fsp3) is 0.391. The average Bonchev–Trinajstić information content (AvgIpc) is 3.63. The predicted molar refractivity (Wildman–Crippen MR) is 116 cm³/mol. The van der Waals surface area contributed by atoms with Gasteiger partial charge in [0.1, 0.15) is 11.9 Å². The summed E-state index contributed by atoms with van der Waals surface area (Å²) in [5.74, 6) is 0.483. The van der Waals surface area contributed by atoms with Gasteiger partial charge in [-0.25, -0.2) is 4.98 Å². The zero-order valence-electron chi connectivity index (χ0n) is 17.0. The Morgan fingerprint density at radius 2 is 1.97 bits per heavy atom. The van der Waals surface area contributed by atoms with Crippen molar-refractivity contribution in [3.05, 3.63) is 47.5 Å². The molecule has 1 aromatic carbocycles. The number of anilines is 1. The lowest BCUT2D eigenvalue weighted by molar-refractivity contribution is 0.473. The van der Waals surface area contributed by atoms with Gasteiger partial charge < -0.3 is 9.80 Å². The number of amidine groups is 1. The third kappa shape index (κ3) is 3.78. The summed E-state index contributed by atoms with van der Waals surface area (Å²) in [5.41, 5.74) is 4.41. The van der Waals surface area contributed by atoms with Crippen LogP contribution in [0.1, 0.15) is 42.7 Å². The second-order valence-electron chi connectivity index (χ2n) is 8.07. The van der Waals surface area contributed by atoms with Crippen LogP contribution in [0.5, 0.6) is 0 Å². The van der Waals surface area contributed by atoms with Crippen molar-refractivity contribution in [2.24, 2.45) is 5.92 Å². The molecule has 0 atom stereocenters. The summed E-state index contributed by atoms with van der Waals surface area (Å²) in [4.78, 5) is 7.59. The molecule has 154 valence electrons. The van der Waals surface area contributed by atoms with E-state index in [1.54, 1.807) is 18.0 Å². The van der Waals surface area contributed by atoms with E-state index >= 15 is 0 Å². The molecule has 0 radical (unpaired) electrons. The van der Waals surface area contributed by atoms with E-state index in [-0.39, 0.29) is 5.92 Å². The minimum absolute atomic E-state index is 0.0981. The van der Waals surface area contributed by atoms with Crippen molar-refractivity contribution in [1.82, 2.24) is 9.88 Å². The predicted octanol–water partition coefficient (Wildman–Crippen LogP) is 4.37. The average molecular weight is 404 g/mol. The molecule has 1 aliphatic carbocycles. The first-order valence-corrected chi connectivity index (χ1v) is 10.3. The van der Waals surface area contributed by atoms with Crippen LogP contribution < -0.4 is 4.90 Å². The minimum Gasteiger partial charge on any atom is -0.370 e.